The summed E-state index contributed by atoms with van der Waals surface area (Å²) in [5, 5.41) is 2.63. The van der Waals surface area contributed by atoms with Gasteiger partial charge in [-0.25, -0.2) is 9.69 Å². The number of nitrogens with zero attached hydrogens (tertiary/aromatic N) is 1. The van der Waals surface area contributed by atoms with Crippen molar-refractivity contribution < 1.29 is 33.3 Å². The fourth-order valence-electron chi connectivity index (χ4n) is 4.81. The molecule has 0 saturated carbocycles. The average molecular weight is 641 g/mol. The number of hydrogen-bond donors (Lipinski definition) is 1. The number of carbonyl (C=O) groups is 3. The summed E-state index contributed by atoms with van der Waals surface area (Å²) in [5.74, 6) is 0.574. The molecule has 0 spiro atoms. The van der Waals surface area contributed by atoms with Gasteiger partial charge in [-0.3, -0.25) is 14.9 Å². The highest BCUT2D eigenvalue weighted by atomic mass is 35.5. The van der Waals surface area contributed by atoms with Crippen LogP contribution >= 0.6 is 11.6 Å². The Kier molecular flexibility index (Phi) is 10.2. The Bertz CT molecular complexity index is 1790. The number of barbiturate groups is 1. The monoisotopic (exact) mass is 640 g/mol. The number of anilines is 1. The molecule has 4 aromatic carbocycles. The van der Waals surface area contributed by atoms with Gasteiger partial charge in [-0.05, 0) is 85.5 Å². The van der Waals surface area contributed by atoms with E-state index in [1.165, 1.54) is 6.08 Å². The van der Waals surface area contributed by atoms with Crippen molar-refractivity contribution in [1.82, 2.24) is 5.32 Å². The van der Waals surface area contributed by atoms with E-state index in [0.717, 1.165) is 16.0 Å². The number of amides is 4. The number of carbonyl (C=O) groups excluding carboxylic acids is 3. The van der Waals surface area contributed by atoms with Gasteiger partial charge in [0.2, 0.25) is 0 Å². The van der Waals surface area contributed by atoms with E-state index in [1.807, 2.05) is 62.4 Å². The fraction of sp³-hybridized carbons (Fsp3) is 0.194. The van der Waals surface area contributed by atoms with Crippen molar-refractivity contribution in [1.29, 1.82) is 0 Å². The Balaban J connectivity index is 1.34. The van der Waals surface area contributed by atoms with E-state index in [9.17, 15) is 14.4 Å². The standard InChI is InChI=1S/C36H33ClN2O7/c1-4-43-32-19-25(18-27-34(40)38-36(42)39(35(27)41)29-13-9-12-28(37)23(29)3)14-16-30(32)46-22-26-15-17-31(33(20-26)44-5-2)45-21-24-10-7-6-8-11-24/h6-20H,4-5,21-22H2,1-3H3,(H,38,40,42)/b27-18-. The fourth-order valence-corrected chi connectivity index (χ4v) is 4.98. The van der Waals surface area contributed by atoms with E-state index < -0.39 is 17.8 Å². The van der Waals surface area contributed by atoms with Crippen molar-refractivity contribution >= 4 is 41.2 Å². The highest BCUT2D eigenvalue weighted by Crippen LogP contribution is 2.34. The highest BCUT2D eigenvalue weighted by molar-refractivity contribution is 6.40. The van der Waals surface area contributed by atoms with Crippen molar-refractivity contribution in [2.75, 3.05) is 18.1 Å². The lowest BCUT2D eigenvalue weighted by molar-refractivity contribution is -0.122. The van der Waals surface area contributed by atoms with Crippen molar-refractivity contribution in [2.45, 2.75) is 34.0 Å². The zero-order valence-electron chi connectivity index (χ0n) is 25.7. The minimum Gasteiger partial charge on any atom is -0.490 e. The van der Waals surface area contributed by atoms with Gasteiger partial charge >= 0.3 is 6.03 Å². The number of ether oxygens (including phenoxy) is 4. The Morgan fingerprint density at radius 3 is 2.07 bits per heavy atom. The van der Waals surface area contributed by atoms with Crippen LogP contribution in [-0.2, 0) is 22.8 Å². The van der Waals surface area contributed by atoms with Crippen LogP contribution in [0, 0.1) is 6.92 Å². The molecule has 1 aliphatic rings. The second-order valence-corrected chi connectivity index (χ2v) is 10.7. The second-order valence-electron chi connectivity index (χ2n) is 10.3. The number of hydrogen-bond acceptors (Lipinski definition) is 7. The van der Waals surface area contributed by atoms with Crippen LogP contribution in [0.25, 0.3) is 6.08 Å². The van der Waals surface area contributed by atoms with Gasteiger partial charge in [-0.2, -0.15) is 0 Å². The summed E-state index contributed by atoms with van der Waals surface area (Å²) in [4.78, 5) is 39.7. The van der Waals surface area contributed by atoms with Crippen molar-refractivity contribution in [3.8, 4) is 23.0 Å². The lowest BCUT2D eigenvalue weighted by Gasteiger charge is -2.27. The van der Waals surface area contributed by atoms with Crippen molar-refractivity contribution in [2.24, 2.45) is 0 Å². The van der Waals surface area contributed by atoms with Crippen LogP contribution in [0.15, 0.2) is 90.5 Å². The van der Waals surface area contributed by atoms with Crippen LogP contribution in [0.4, 0.5) is 10.5 Å². The summed E-state index contributed by atoms with van der Waals surface area (Å²) in [7, 11) is 0. The molecular weight excluding hydrogens is 608 g/mol. The zero-order chi connectivity index (χ0) is 32.6. The first kappa shape index (κ1) is 32.1. The van der Waals surface area contributed by atoms with Crippen molar-refractivity contribution in [3.05, 3.63) is 118 Å². The third-order valence-electron chi connectivity index (χ3n) is 7.10. The van der Waals surface area contributed by atoms with Gasteiger partial charge < -0.3 is 18.9 Å². The quantitative estimate of drug-likeness (QED) is 0.128. The molecule has 5 rings (SSSR count). The van der Waals surface area contributed by atoms with Crippen LogP contribution in [0.1, 0.15) is 36.1 Å². The molecule has 0 bridgehead atoms. The average Bonchev–Trinajstić information content (AvgIpc) is 3.05. The summed E-state index contributed by atoms with van der Waals surface area (Å²) >= 11 is 6.22. The highest BCUT2D eigenvalue weighted by Gasteiger charge is 2.37. The molecule has 1 N–H and O–H groups in total. The van der Waals surface area contributed by atoms with E-state index >= 15 is 0 Å². The Hall–Kier alpha value is -5.28. The van der Waals surface area contributed by atoms with Crippen LogP contribution in [0.3, 0.4) is 0 Å². The third-order valence-corrected chi connectivity index (χ3v) is 7.51. The van der Waals surface area contributed by atoms with Crippen LogP contribution in [0.2, 0.25) is 5.02 Å². The Morgan fingerprint density at radius 1 is 0.717 bits per heavy atom. The largest absolute Gasteiger partial charge is 0.490 e. The molecular formula is C36H33ClN2O7. The molecule has 0 aliphatic carbocycles. The first-order valence-electron chi connectivity index (χ1n) is 14.8. The van der Waals surface area contributed by atoms with Gasteiger partial charge in [0.25, 0.3) is 11.8 Å². The van der Waals surface area contributed by atoms with Gasteiger partial charge in [0, 0.05) is 5.02 Å². The van der Waals surface area contributed by atoms with Crippen molar-refractivity contribution in [3.63, 3.8) is 0 Å². The molecule has 1 fully saturated rings. The topological polar surface area (TPSA) is 103 Å². The molecule has 1 heterocycles. The van der Waals surface area contributed by atoms with E-state index in [4.69, 9.17) is 30.5 Å². The van der Waals surface area contributed by atoms with Gasteiger partial charge in [0.15, 0.2) is 23.0 Å². The van der Waals surface area contributed by atoms with Crippen LogP contribution < -0.4 is 29.2 Å². The van der Waals surface area contributed by atoms with E-state index in [2.05, 4.69) is 5.32 Å². The maximum absolute atomic E-state index is 13.4. The van der Waals surface area contributed by atoms with Crippen LogP contribution in [0.5, 0.6) is 23.0 Å². The predicted octanol–water partition coefficient (Wildman–Crippen LogP) is 7.27. The predicted molar refractivity (Wildman–Crippen MR) is 176 cm³/mol. The van der Waals surface area contributed by atoms with Gasteiger partial charge in [0.1, 0.15) is 18.8 Å². The summed E-state index contributed by atoms with van der Waals surface area (Å²) in [6.07, 6.45) is 1.41. The molecule has 10 heteroatoms. The molecule has 0 radical (unpaired) electrons. The summed E-state index contributed by atoms with van der Waals surface area (Å²) in [5.41, 5.74) is 3.02. The smallest absolute Gasteiger partial charge is 0.335 e. The molecule has 9 nitrogen and oxygen atoms in total. The molecule has 4 amide bonds. The van der Waals surface area contributed by atoms with Gasteiger partial charge in [-0.1, -0.05) is 60.1 Å². The minimum absolute atomic E-state index is 0.215. The number of halogens is 1. The molecule has 0 aromatic heterocycles. The molecule has 1 aliphatic heterocycles. The maximum Gasteiger partial charge on any atom is 0.335 e. The third kappa shape index (κ3) is 7.33. The van der Waals surface area contributed by atoms with E-state index in [-0.39, 0.29) is 17.9 Å². The van der Waals surface area contributed by atoms with Gasteiger partial charge in [0.05, 0.1) is 18.9 Å². The molecule has 236 valence electrons. The van der Waals surface area contributed by atoms with Crippen LogP contribution in [-0.4, -0.2) is 31.1 Å². The number of nitrogens with one attached hydrogen (secondary N) is 1. The second kappa shape index (κ2) is 14.7. The number of rotatable bonds is 12. The SMILES string of the molecule is CCOc1cc(/C=C2/C(=O)NC(=O)N(c3cccc(Cl)c3C)C2=O)ccc1OCc1ccc(OCc2ccccc2)c(OCC)c1. The lowest BCUT2D eigenvalue weighted by Crippen LogP contribution is -2.54. The number of imide groups is 2. The molecule has 0 unspecified atom stereocenters. The summed E-state index contributed by atoms with van der Waals surface area (Å²) in [6, 6.07) is 24.6. The molecule has 1 saturated heterocycles. The number of urea groups is 1. The minimum atomic E-state index is -0.848. The molecule has 0 atom stereocenters. The summed E-state index contributed by atoms with van der Waals surface area (Å²) in [6.45, 7) is 6.91. The first-order chi connectivity index (χ1) is 22.3. The summed E-state index contributed by atoms with van der Waals surface area (Å²) < 4.78 is 23.8. The zero-order valence-corrected chi connectivity index (χ0v) is 26.4. The van der Waals surface area contributed by atoms with E-state index in [1.54, 1.807) is 43.3 Å². The van der Waals surface area contributed by atoms with Gasteiger partial charge in [-0.15, -0.1) is 0 Å². The molecule has 46 heavy (non-hydrogen) atoms. The normalized spacial score (nSPS) is 13.9. The van der Waals surface area contributed by atoms with E-state index in [0.29, 0.717) is 59.0 Å². The molecule has 4 aromatic rings. The Labute approximate surface area is 272 Å². The first-order valence-corrected chi connectivity index (χ1v) is 15.2. The Morgan fingerprint density at radius 2 is 1.37 bits per heavy atom. The lowest BCUT2D eigenvalue weighted by atomic mass is 10.1. The number of benzene rings is 4. The maximum atomic E-state index is 13.4.